The van der Waals surface area contributed by atoms with E-state index >= 15 is 0 Å². The molecule has 4 rings (SSSR count). The number of carbonyl (C=O) groups excluding carboxylic acids is 1. The van der Waals surface area contributed by atoms with Crippen molar-refractivity contribution in [1.82, 2.24) is 14.7 Å². The third kappa shape index (κ3) is 4.03. The van der Waals surface area contributed by atoms with E-state index in [9.17, 15) is 18.0 Å². The van der Waals surface area contributed by atoms with Gasteiger partial charge in [-0.15, -0.1) is 0 Å². The Kier molecular flexibility index (Phi) is 5.24. The number of amides is 1. The Morgan fingerprint density at radius 3 is 2.23 bits per heavy atom. The van der Waals surface area contributed by atoms with E-state index in [1.807, 2.05) is 30.0 Å². The first-order valence-electron chi connectivity index (χ1n) is 9.65. The third-order valence-electron chi connectivity index (χ3n) is 5.30. The Hall–Kier alpha value is -3.29. The molecular weight excluding hydrogens is 393 g/mol. The molecule has 0 unspecified atom stereocenters. The molecule has 1 aromatic heterocycles. The van der Waals surface area contributed by atoms with Crippen LogP contribution in [0.2, 0.25) is 0 Å². The number of hydrogen-bond acceptors (Lipinski definition) is 3. The first kappa shape index (κ1) is 20.0. The summed E-state index contributed by atoms with van der Waals surface area (Å²) in [4.78, 5) is 16.4. The second-order valence-electron chi connectivity index (χ2n) is 7.26. The van der Waals surface area contributed by atoms with Gasteiger partial charge in [0.15, 0.2) is 0 Å². The zero-order valence-corrected chi connectivity index (χ0v) is 16.4. The quantitative estimate of drug-likeness (QED) is 0.646. The fraction of sp³-hybridized carbons (Fsp3) is 0.273. The lowest BCUT2D eigenvalue weighted by molar-refractivity contribution is -0.137. The van der Waals surface area contributed by atoms with Crippen LogP contribution in [0.4, 0.5) is 18.9 Å². The topological polar surface area (TPSA) is 41.4 Å². The van der Waals surface area contributed by atoms with E-state index < -0.39 is 11.7 Å². The molecule has 0 spiro atoms. The van der Waals surface area contributed by atoms with Crippen LogP contribution in [0.3, 0.4) is 0 Å². The summed E-state index contributed by atoms with van der Waals surface area (Å²) in [6.45, 7) is 3.83. The largest absolute Gasteiger partial charge is 0.416 e. The van der Waals surface area contributed by atoms with Crippen LogP contribution < -0.4 is 4.90 Å². The molecule has 8 heteroatoms. The molecule has 1 aliphatic rings. The van der Waals surface area contributed by atoms with Gasteiger partial charge < -0.3 is 9.80 Å². The van der Waals surface area contributed by atoms with Gasteiger partial charge in [0, 0.05) is 49.3 Å². The van der Waals surface area contributed by atoms with Crippen molar-refractivity contribution in [3.63, 3.8) is 0 Å². The van der Waals surface area contributed by atoms with E-state index in [0.29, 0.717) is 37.4 Å². The van der Waals surface area contributed by atoms with Crippen molar-refractivity contribution < 1.29 is 18.0 Å². The maximum absolute atomic E-state index is 13.0. The zero-order chi connectivity index (χ0) is 21.3. The Morgan fingerprint density at radius 1 is 0.933 bits per heavy atom. The van der Waals surface area contributed by atoms with Crippen LogP contribution in [-0.4, -0.2) is 46.8 Å². The summed E-state index contributed by atoms with van der Waals surface area (Å²) in [6.07, 6.45) is -2.65. The van der Waals surface area contributed by atoms with Crippen molar-refractivity contribution >= 4 is 11.6 Å². The van der Waals surface area contributed by atoms with Crippen LogP contribution in [0.1, 0.15) is 21.6 Å². The molecular formula is C22H21F3N4O. The number of anilines is 1. The molecule has 0 aliphatic carbocycles. The van der Waals surface area contributed by atoms with Crippen LogP contribution in [0, 0.1) is 6.92 Å². The second kappa shape index (κ2) is 7.85. The van der Waals surface area contributed by atoms with Gasteiger partial charge in [-0.25, -0.2) is 4.68 Å². The summed E-state index contributed by atoms with van der Waals surface area (Å²) in [7, 11) is 0. The van der Waals surface area contributed by atoms with Gasteiger partial charge in [-0.2, -0.15) is 18.3 Å². The van der Waals surface area contributed by atoms with E-state index in [1.54, 1.807) is 34.0 Å². The van der Waals surface area contributed by atoms with E-state index in [-0.39, 0.29) is 5.91 Å². The molecule has 0 bridgehead atoms. The number of aromatic nitrogens is 2. The van der Waals surface area contributed by atoms with Crippen LogP contribution in [0.15, 0.2) is 60.8 Å². The van der Waals surface area contributed by atoms with Gasteiger partial charge in [0.1, 0.15) is 0 Å². The maximum atomic E-state index is 13.0. The maximum Gasteiger partial charge on any atom is 0.416 e. The number of aryl methyl sites for hydroxylation is 1. The highest BCUT2D eigenvalue weighted by Gasteiger charge is 2.31. The second-order valence-corrected chi connectivity index (χ2v) is 7.26. The highest BCUT2D eigenvalue weighted by Crippen LogP contribution is 2.32. The fourth-order valence-electron chi connectivity index (χ4n) is 3.61. The van der Waals surface area contributed by atoms with Crippen molar-refractivity contribution in [2.24, 2.45) is 0 Å². The number of alkyl halides is 3. The molecule has 0 N–H and O–H groups in total. The van der Waals surface area contributed by atoms with E-state index in [4.69, 9.17) is 0 Å². The van der Waals surface area contributed by atoms with Crippen molar-refractivity contribution in [2.75, 3.05) is 31.1 Å². The number of hydrogen-bond donors (Lipinski definition) is 0. The molecule has 2 heterocycles. The van der Waals surface area contributed by atoms with Gasteiger partial charge in [0.2, 0.25) is 0 Å². The third-order valence-corrected chi connectivity index (χ3v) is 5.30. The molecule has 0 radical (unpaired) electrons. The summed E-state index contributed by atoms with van der Waals surface area (Å²) in [5.74, 6) is -0.0811. The molecule has 30 heavy (non-hydrogen) atoms. The highest BCUT2D eigenvalue weighted by molar-refractivity contribution is 5.94. The SMILES string of the molecule is Cc1ccnn1-c1ccc(C(=O)N2CCN(c3cccc(C(F)(F)F)c3)CC2)cc1. The molecule has 2 aromatic carbocycles. The molecule has 0 atom stereocenters. The molecule has 1 amide bonds. The summed E-state index contributed by atoms with van der Waals surface area (Å²) in [5, 5.41) is 4.25. The highest BCUT2D eigenvalue weighted by atomic mass is 19.4. The van der Waals surface area contributed by atoms with Gasteiger partial charge in [0.05, 0.1) is 11.3 Å². The van der Waals surface area contributed by atoms with Crippen LogP contribution in [0.25, 0.3) is 5.69 Å². The average Bonchev–Trinajstić information content (AvgIpc) is 3.19. The lowest BCUT2D eigenvalue weighted by atomic mass is 10.1. The first-order chi connectivity index (χ1) is 14.3. The van der Waals surface area contributed by atoms with Crippen LogP contribution in [0.5, 0.6) is 0 Å². The van der Waals surface area contributed by atoms with E-state index in [0.717, 1.165) is 23.5 Å². The average molecular weight is 414 g/mol. The lowest BCUT2D eigenvalue weighted by Crippen LogP contribution is -2.48. The number of benzene rings is 2. The number of carbonyl (C=O) groups is 1. The van der Waals surface area contributed by atoms with E-state index in [1.165, 1.54) is 6.07 Å². The Balaban J connectivity index is 1.41. The lowest BCUT2D eigenvalue weighted by Gasteiger charge is -2.36. The number of nitrogens with zero attached hydrogens (tertiary/aromatic N) is 4. The van der Waals surface area contributed by atoms with Crippen molar-refractivity contribution in [3.05, 3.63) is 77.6 Å². The van der Waals surface area contributed by atoms with Crippen LogP contribution >= 0.6 is 0 Å². The summed E-state index contributed by atoms with van der Waals surface area (Å²) < 4.78 is 40.7. The smallest absolute Gasteiger partial charge is 0.368 e. The number of piperazine rings is 1. The van der Waals surface area contributed by atoms with Crippen molar-refractivity contribution in [2.45, 2.75) is 13.1 Å². The van der Waals surface area contributed by atoms with Gasteiger partial charge >= 0.3 is 6.18 Å². The zero-order valence-electron chi connectivity index (χ0n) is 16.4. The molecule has 1 saturated heterocycles. The van der Waals surface area contributed by atoms with Crippen molar-refractivity contribution in [3.8, 4) is 5.69 Å². The number of halogens is 3. The molecule has 0 saturated carbocycles. The summed E-state index contributed by atoms with van der Waals surface area (Å²) in [6, 6.07) is 14.5. The van der Waals surface area contributed by atoms with Crippen LogP contribution in [-0.2, 0) is 6.18 Å². The van der Waals surface area contributed by atoms with Gasteiger partial charge in [-0.1, -0.05) is 6.07 Å². The molecule has 3 aromatic rings. The standard InChI is InChI=1S/C22H21F3N4O/c1-16-9-10-26-29(16)19-7-5-17(6-8-19)21(30)28-13-11-27(12-14-28)20-4-2-3-18(15-20)22(23,24)25/h2-10,15H,11-14H2,1H3. The van der Waals surface area contributed by atoms with Gasteiger partial charge in [0.25, 0.3) is 5.91 Å². The molecule has 156 valence electrons. The Labute approximate surface area is 172 Å². The Bertz CT molecular complexity index is 1040. The van der Waals surface area contributed by atoms with Gasteiger partial charge in [-0.05, 0) is 55.5 Å². The number of rotatable bonds is 3. The Morgan fingerprint density at radius 2 is 1.63 bits per heavy atom. The first-order valence-corrected chi connectivity index (χ1v) is 9.65. The predicted octanol–water partition coefficient (Wildman–Crippen LogP) is 4.16. The van der Waals surface area contributed by atoms with Gasteiger partial charge in [-0.3, -0.25) is 4.79 Å². The molecule has 1 aliphatic heterocycles. The predicted molar refractivity (Wildman–Crippen MR) is 108 cm³/mol. The minimum atomic E-state index is -4.37. The van der Waals surface area contributed by atoms with Crippen molar-refractivity contribution in [1.29, 1.82) is 0 Å². The normalized spacial score (nSPS) is 14.8. The van der Waals surface area contributed by atoms with E-state index in [2.05, 4.69) is 5.10 Å². The molecule has 5 nitrogen and oxygen atoms in total. The fourth-order valence-corrected chi connectivity index (χ4v) is 3.61. The monoisotopic (exact) mass is 414 g/mol. The summed E-state index contributed by atoms with van der Waals surface area (Å²) in [5.41, 5.74) is 2.32. The summed E-state index contributed by atoms with van der Waals surface area (Å²) >= 11 is 0. The molecule has 1 fully saturated rings. The minimum absolute atomic E-state index is 0.0811. The minimum Gasteiger partial charge on any atom is -0.368 e.